The van der Waals surface area contributed by atoms with Gasteiger partial charge < -0.3 is 10.3 Å². The molecule has 1 aromatic rings. The summed E-state index contributed by atoms with van der Waals surface area (Å²) in [6.07, 6.45) is 2.47. The Hall–Kier alpha value is -0.900. The van der Waals surface area contributed by atoms with Crippen LogP contribution in [-0.4, -0.2) is 50.3 Å². The van der Waals surface area contributed by atoms with E-state index in [1.807, 2.05) is 11.5 Å². The number of nitrogens with zero attached hydrogens (tertiary/aromatic N) is 2. The summed E-state index contributed by atoms with van der Waals surface area (Å²) in [4.78, 5) is 0.190. The maximum atomic E-state index is 12.6. The molecule has 1 fully saturated rings. The van der Waals surface area contributed by atoms with Crippen molar-refractivity contribution >= 4 is 19.9 Å². The molecule has 1 aliphatic rings. The van der Waals surface area contributed by atoms with Crippen molar-refractivity contribution in [3.8, 4) is 0 Å². The molecular weight excluding hydrogens is 314 g/mol. The third-order valence-electron chi connectivity index (χ3n) is 3.58. The second-order valence-electron chi connectivity index (χ2n) is 5.12. The van der Waals surface area contributed by atoms with Crippen LogP contribution in [0.4, 0.5) is 0 Å². The van der Waals surface area contributed by atoms with E-state index in [1.165, 1.54) is 4.31 Å². The predicted molar refractivity (Wildman–Crippen MR) is 80.0 cm³/mol. The van der Waals surface area contributed by atoms with E-state index in [0.29, 0.717) is 6.54 Å². The number of hydrogen-bond donors (Lipinski definition) is 1. The van der Waals surface area contributed by atoms with Gasteiger partial charge >= 0.3 is 0 Å². The molecule has 1 aromatic heterocycles. The highest BCUT2D eigenvalue weighted by Crippen LogP contribution is 2.21. The van der Waals surface area contributed by atoms with Gasteiger partial charge in [-0.05, 0) is 12.5 Å². The fourth-order valence-corrected chi connectivity index (χ4v) is 5.31. The number of aromatic nitrogens is 1. The van der Waals surface area contributed by atoms with Crippen LogP contribution in [0.5, 0.6) is 0 Å². The zero-order chi connectivity index (χ0) is 15.7. The zero-order valence-electron chi connectivity index (χ0n) is 12.0. The molecule has 0 aliphatic carbocycles. The molecule has 2 heterocycles. The van der Waals surface area contributed by atoms with Crippen LogP contribution in [-0.2, 0) is 33.0 Å². The van der Waals surface area contributed by atoms with Crippen LogP contribution in [0, 0.1) is 0 Å². The van der Waals surface area contributed by atoms with Gasteiger partial charge in [0.25, 0.3) is 0 Å². The third-order valence-corrected chi connectivity index (χ3v) is 7.05. The Labute approximate surface area is 125 Å². The van der Waals surface area contributed by atoms with Gasteiger partial charge in [-0.25, -0.2) is 16.8 Å². The summed E-state index contributed by atoms with van der Waals surface area (Å²) < 4.78 is 51.0. The average molecular weight is 335 g/mol. The number of rotatable bonds is 5. The van der Waals surface area contributed by atoms with E-state index >= 15 is 0 Å². The SMILES string of the molecule is CCCn1cc(S(=O)(=O)N2CCS(=O)(=O)CC2)cc1CN. The van der Waals surface area contributed by atoms with Crippen molar-refractivity contribution in [3.63, 3.8) is 0 Å². The number of hydrogen-bond acceptors (Lipinski definition) is 5. The van der Waals surface area contributed by atoms with Gasteiger partial charge in [0.05, 0.1) is 11.5 Å². The fraction of sp³-hybridized carbons (Fsp3) is 0.667. The first kappa shape index (κ1) is 16.5. The van der Waals surface area contributed by atoms with Crippen LogP contribution < -0.4 is 5.73 Å². The molecule has 1 saturated heterocycles. The lowest BCUT2D eigenvalue weighted by molar-refractivity contribution is 0.430. The standard InChI is InChI=1S/C12H21N3O4S2/c1-2-3-14-10-12(8-11(14)9-13)21(18,19)15-4-6-20(16,17)7-5-15/h8,10H,2-7,9,13H2,1H3. The van der Waals surface area contributed by atoms with E-state index in [4.69, 9.17) is 5.73 Å². The van der Waals surface area contributed by atoms with Crippen molar-refractivity contribution in [1.82, 2.24) is 8.87 Å². The van der Waals surface area contributed by atoms with Gasteiger partial charge in [0, 0.05) is 38.1 Å². The minimum atomic E-state index is -3.65. The molecule has 7 nitrogen and oxygen atoms in total. The van der Waals surface area contributed by atoms with Crippen molar-refractivity contribution in [2.75, 3.05) is 24.6 Å². The van der Waals surface area contributed by atoms with Crippen molar-refractivity contribution in [2.45, 2.75) is 31.3 Å². The first-order valence-corrected chi connectivity index (χ1v) is 10.2. The quantitative estimate of drug-likeness (QED) is 0.801. The van der Waals surface area contributed by atoms with Gasteiger partial charge in [0.2, 0.25) is 10.0 Å². The molecule has 0 saturated carbocycles. The number of aryl methyl sites for hydroxylation is 1. The Kier molecular flexibility index (Phi) is 4.76. The Morgan fingerprint density at radius 3 is 2.43 bits per heavy atom. The summed E-state index contributed by atoms with van der Waals surface area (Å²) in [7, 11) is -6.76. The minimum absolute atomic E-state index is 0.0155. The molecule has 2 N–H and O–H groups in total. The summed E-state index contributed by atoms with van der Waals surface area (Å²) >= 11 is 0. The third kappa shape index (κ3) is 3.47. The summed E-state index contributed by atoms with van der Waals surface area (Å²) in [6.45, 7) is 3.01. The highest BCUT2D eigenvalue weighted by Gasteiger charge is 2.32. The second kappa shape index (κ2) is 6.07. The summed E-state index contributed by atoms with van der Waals surface area (Å²) in [5.74, 6) is -0.239. The Morgan fingerprint density at radius 1 is 1.29 bits per heavy atom. The van der Waals surface area contributed by atoms with E-state index in [2.05, 4.69) is 0 Å². The molecule has 9 heteroatoms. The normalized spacial score (nSPS) is 19.7. The molecule has 0 amide bonds. The van der Waals surface area contributed by atoms with Crippen molar-refractivity contribution in [3.05, 3.63) is 18.0 Å². The molecule has 0 aromatic carbocycles. The lowest BCUT2D eigenvalue weighted by Gasteiger charge is -2.25. The van der Waals surface area contributed by atoms with Crippen LogP contribution in [0.3, 0.4) is 0 Å². The van der Waals surface area contributed by atoms with Gasteiger partial charge in [0.1, 0.15) is 4.90 Å². The lowest BCUT2D eigenvalue weighted by Crippen LogP contribution is -2.43. The van der Waals surface area contributed by atoms with Crippen LogP contribution in [0.25, 0.3) is 0 Å². The molecular formula is C12H21N3O4S2. The van der Waals surface area contributed by atoms with Gasteiger partial charge in [-0.1, -0.05) is 6.92 Å². The van der Waals surface area contributed by atoms with Gasteiger partial charge in [-0.3, -0.25) is 0 Å². The molecule has 0 bridgehead atoms. The molecule has 21 heavy (non-hydrogen) atoms. The van der Waals surface area contributed by atoms with Crippen LogP contribution in [0.15, 0.2) is 17.2 Å². The van der Waals surface area contributed by atoms with Gasteiger partial charge in [0.15, 0.2) is 9.84 Å². The Balaban J connectivity index is 2.28. The van der Waals surface area contributed by atoms with Crippen molar-refractivity contribution in [1.29, 1.82) is 0 Å². The van der Waals surface area contributed by atoms with E-state index in [-0.39, 0.29) is 36.0 Å². The van der Waals surface area contributed by atoms with Crippen LogP contribution >= 0.6 is 0 Å². The molecule has 1 aliphatic heterocycles. The smallest absolute Gasteiger partial charge is 0.244 e. The zero-order valence-corrected chi connectivity index (χ0v) is 13.7. The average Bonchev–Trinajstić information content (AvgIpc) is 2.82. The number of sulfone groups is 1. The maximum Gasteiger partial charge on any atom is 0.244 e. The number of nitrogens with two attached hydrogens (primary N) is 1. The molecule has 2 rings (SSSR count). The highest BCUT2D eigenvalue weighted by molar-refractivity contribution is 7.92. The number of sulfonamides is 1. The van der Waals surface area contributed by atoms with Crippen LogP contribution in [0.2, 0.25) is 0 Å². The summed E-state index contributed by atoms with van der Waals surface area (Å²) in [5.41, 5.74) is 6.41. The minimum Gasteiger partial charge on any atom is -0.349 e. The van der Waals surface area contributed by atoms with Crippen molar-refractivity contribution in [2.24, 2.45) is 5.73 Å². The van der Waals surface area contributed by atoms with Crippen molar-refractivity contribution < 1.29 is 16.8 Å². The van der Waals surface area contributed by atoms with Gasteiger partial charge in [-0.2, -0.15) is 4.31 Å². The molecule has 0 spiro atoms. The first-order chi connectivity index (χ1) is 9.80. The van der Waals surface area contributed by atoms with E-state index < -0.39 is 19.9 Å². The maximum absolute atomic E-state index is 12.6. The Bertz CT molecular complexity index is 693. The van der Waals surface area contributed by atoms with Gasteiger partial charge in [-0.15, -0.1) is 0 Å². The highest BCUT2D eigenvalue weighted by atomic mass is 32.2. The summed E-state index contributed by atoms with van der Waals surface area (Å²) in [5, 5.41) is 0. The fourth-order valence-electron chi connectivity index (χ4n) is 2.37. The molecule has 120 valence electrons. The van der Waals surface area contributed by atoms with E-state index in [9.17, 15) is 16.8 Å². The lowest BCUT2D eigenvalue weighted by atomic mass is 10.4. The molecule has 0 radical (unpaired) electrons. The second-order valence-corrected chi connectivity index (χ2v) is 9.36. The van der Waals surface area contributed by atoms with E-state index in [1.54, 1.807) is 12.3 Å². The Morgan fingerprint density at radius 2 is 1.90 bits per heavy atom. The first-order valence-electron chi connectivity index (χ1n) is 6.90. The predicted octanol–water partition coefficient (Wildman–Crippen LogP) is -0.224. The molecule has 0 unspecified atom stereocenters. The largest absolute Gasteiger partial charge is 0.349 e. The monoisotopic (exact) mass is 335 g/mol. The summed E-state index contributed by atoms with van der Waals surface area (Å²) in [6, 6.07) is 1.58. The van der Waals surface area contributed by atoms with Crippen LogP contribution in [0.1, 0.15) is 19.0 Å². The topological polar surface area (TPSA) is 102 Å². The molecule has 0 atom stereocenters. The van der Waals surface area contributed by atoms with E-state index in [0.717, 1.165) is 12.1 Å².